The van der Waals surface area contributed by atoms with Crippen LogP contribution < -0.4 is 11.1 Å². The zero-order valence-electron chi connectivity index (χ0n) is 13.6. The number of imidazole rings is 1. The van der Waals surface area contributed by atoms with E-state index in [1.165, 1.54) is 6.07 Å². The van der Waals surface area contributed by atoms with Crippen molar-refractivity contribution in [3.8, 4) is 11.3 Å². The second-order valence-corrected chi connectivity index (χ2v) is 6.18. The van der Waals surface area contributed by atoms with E-state index in [1.807, 2.05) is 4.57 Å². The molecule has 4 nitrogen and oxygen atoms in total. The Labute approximate surface area is 143 Å². The summed E-state index contributed by atoms with van der Waals surface area (Å²) in [6.45, 7) is 2.71. The minimum atomic E-state index is -4.74. The molecule has 0 saturated carbocycles. The molecule has 0 unspecified atom stereocenters. The molecule has 0 spiro atoms. The van der Waals surface area contributed by atoms with Gasteiger partial charge in [-0.3, -0.25) is 0 Å². The molecule has 1 aromatic heterocycles. The Bertz CT molecular complexity index is 733. The average molecular weight is 356 g/mol. The zero-order valence-corrected chi connectivity index (χ0v) is 13.6. The van der Waals surface area contributed by atoms with Crippen LogP contribution in [0.4, 0.5) is 17.6 Å². The van der Waals surface area contributed by atoms with Crippen molar-refractivity contribution in [1.29, 1.82) is 0 Å². The Balaban J connectivity index is 2.00. The summed E-state index contributed by atoms with van der Waals surface area (Å²) in [5.41, 5.74) is 5.03. The number of nitrogens with one attached hydrogen (secondary N) is 1. The van der Waals surface area contributed by atoms with Crippen LogP contribution >= 0.6 is 0 Å². The minimum Gasteiger partial charge on any atom is -0.333 e. The van der Waals surface area contributed by atoms with E-state index in [4.69, 9.17) is 5.73 Å². The summed E-state index contributed by atoms with van der Waals surface area (Å²) >= 11 is 0. The quantitative estimate of drug-likeness (QED) is 0.828. The minimum absolute atomic E-state index is 0.240. The number of hydrogen-bond acceptors (Lipinski definition) is 3. The van der Waals surface area contributed by atoms with Gasteiger partial charge in [0, 0.05) is 30.8 Å². The van der Waals surface area contributed by atoms with E-state index in [1.54, 1.807) is 6.20 Å². The van der Waals surface area contributed by atoms with Gasteiger partial charge >= 0.3 is 6.18 Å². The van der Waals surface area contributed by atoms with Crippen molar-refractivity contribution in [2.75, 3.05) is 19.6 Å². The number of nitrogens with zero attached hydrogens (tertiary/aromatic N) is 2. The van der Waals surface area contributed by atoms with E-state index in [-0.39, 0.29) is 11.5 Å². The van der Waals surface area contributed by atoms with Crippen LogP contribution in [-0.4, -0.2) is 29.2 Å². The summed E-state index contributed by atoms with van der Waals surface area (Å²) in [5.74, 6) is -0.208. The number of piperidine rings is 1. The van der Waals surface area contributed by atoms with Gasteiger partial charge in [-0.05, 0) is 44.1 Å². The van der Waals surface area contributed by atoms with Gasteiger partial charge in [-0.15, -0.1) is 0 Å². The van der Waals surface area contributed by atoms with Crippen LogP contribution in [0.15, 0.2) is 24.4 Å². The molecule has 8 heteroatoms. The third-order valence-corrected chi connectivity index (χ3v) is 4.45. The Morgan fingerprint density at radius 1 is 1.24 bits per heavy atom. The molecule has 136 valence electrons. The summed E-state index contributed by atoms with van der Waals surface area (Å²) in [5, 5.41) is 3.28. The fourth-order valence-corrected chi connectivity index (χ4v) is 3.20. The number of alkyl halides is 3. The van der Waals surface area contributed by atoms with Crippen molar-refractivity contribution in [2.45, 2.75) is 31.5 Å². The van der Waals surface area contributed by atoms with Crippen LogP contribution in [0.25, 0.3) is 11.3 Å². The highest BCUT2D eigenvalue weighted by Crippen LogP contribution is 2.35. The van der Waals surface area contributed by atoms with Crippen molar-refractivity contribution in [2.24, 2.45) is 5.73 Å². The maximum absolute atomic E-state index is 13.5. The first-order valence-electron chi connectivity index (χ1n) is 8.25. The highest BCUT2D eigenvalue weighted by molar-refractivity contribution is 5.60. The lowest BCUT2D eigenvalue weighted by Crippen LogP contribution is -2.28. The van der Waals surface area contributed by atoms with Gasteiger partial charge in [0.15, 0.2) is 0 Å². The SMILES string of the molecule is NCCn1cc(-c2ccc(F)c(C(F)(F)F)c2)nc1C1CCNCC1. The number of hydrogen-bond donors (Lipinski definition) is 2. The number of halogens is 4. The lowest BCUT2D eigenvalue weighted by Gasteiger charge is -2.22. The van der Waals surface area contributed by atoms with Gasteiger partial charge in [-0.25, -0.2) is 9.37 Å². The molecule has 0 bridgehead atoms. The normalized spacial score (nSPS) is 16.4. The molecule has 1 aliphatic rings. The van der Waals surface area contributed by atoms with E-state index >= 15 is 0 Å². The van der Waals surface area contributed by atoms with Crippen LogP contribution in [-0.2, 0) is 12.7 Å². The third-order valence-electron chi connectivity index (χ3n) is 4.45. The molecular formula is C17H20F4N4. The van der Waals surface area contributed by atoms with Gasteiger partial charge in [0.05, 0.1) is 11.3 Å². The first-order chi connectivity index (χ1) is 11.9. The Morgan fingerprint density at radius 3 is 2.60 bits per heavy atom. The molecule has 0 radical (unpaired) electrons. The van der Waals surface area contributed by atoms with Gasteiger partial charge in [0.25, 0.3) is 0 Å². The molecule has 1 saturated heterocycles. The van der Waals surface area contributed by atoms with Crippen molar-refractivity contribution in [3.05, 3.63) is 41.6 Å². The van der Waals surface area contributed by atoms with Gasteiger partial charge in [-0.1, -0.05) is 0 Å². The first kappa shape index (κ1) is 17.9. The van der Waals surface area contributed by atoms with Crippen LogP contribution in [0.2, 0.25) is 0 Å². The second-order valence-electron chi connectivity index (χ2n) is 6.18. The topological polar surface area (TPSA) is 55.9 Å². The monoisotopic (exact) mass is 356 g/mol. The Hall–Kier alpha value is -1.93. The van der Waals surface area contributed by atoms with Crippen LogP contribution in [0, 0.1) is 5.82 Å². The van der Waals surface area contributed by atoms with Gasteiger partial charge in [0.2, 0.25) is 0 Å². The Morgan fingerprint density at radius 2 is 1.96 bits per heavy atom. The fourth-order valence-electron chi connectivity index (χ4n) is 3.20. The van der Waals surface area contributed by atoms with Crippen molar-refractivity contribution in [3.63, 3.8) is 0 Å². The molecule has 0 amide bonds. The molecular weight excluding hydrogens is 336 g/mol. The van der Waals surface area contributed by atoms with Crippen LogP contribution in [0.1, 0.15) is 30.1 Å². The highest BCUT2D eigenvalue weighted by Gasteiger charge is 2.34. The molecule has 0 aliphatic carbocycles. The maximum atomic E-state index is 13.5. The molecule has 0 atom stereocenters. The lowest BCUT2D eigenvalue weighted by molar-refractivity contribution is -0.139. The van der Waals surface area contributed by atoms with Gasteiger partial charge in [-0.2, -0.15) is 13.2 Å². The number of nitrogens with two attached hydrogens (primary N) is 1. The predicted molar refractivity (Wildman–Crippen MR) is 86.5 cm³/mol. The predicted octanol–water partition coefficient (Wildman–Crippen LogP) is 3.13. The van der Waals surface area contributed by atoms with E-state index in [2.05, 4.69) is 10.3 Å². The average Bonchev–Trinajstić information content (AvgIpc) is 2.99. The molecule has 2 heterocycles. The second kappa shape index (κ2) is 7.13. The molecule has 3 rings (SSSR count). The van der Waals surface area contributed by atoms with Gasteiger partial charge < -0.3 is 15.6 Å². The summed E-state index contributed by atoms with van der Waals surface area (Å²) < 4.78 is 54.3. The summed E-state index contributed by atoms with van der Waals surface area (Å²) in [7, 11) is 0. The van der Waals surface area contributed by atoms with Gasteiger partial charge in [0.1, 0.15) is 11.6 Å². The Kier molecular flexibility index (Phi) is 5.10. The zero-order chi connectivity index (χ0) is 18.0. The summed E-state index contributed by atoms with van der Waals surface area (Å²) in [6.07, 6.45) is -1.20. The molecule has 1 aromatic carbocycles. The van der Waals surface area contributed by atoms with E-state index in [0.717, 1.165) is 43.9 Å². The van der Waals surface area contributed by atoms with Crippen LogP contribution in [0.3, 0.4) is 0 Å². The molecule has 25 heavy (non-hydrogen) atoms. The van der Waals surface area contributed by atoms with E-state index in [0.29, 0.717) is 18.8 Å². The summed E-state index contributed by atoms with van der Waals surface area (Å²) in [4.78, 5) is 4.57. The van der Waals surface area contributed by atoms with Crippen LogP contribution in [0.5, 0.6) is 0 Å². The molecule has 1 aliphatic heterocycles. The van der Waals surface area contributed by atoms with E-state index < -0.39 is 17.6 Å². The number of rotatable bonds is 4. The lowest BCUT2D eigenvalue weighted by atomic mass is 9.97. The molecule has 2 aromatic rings. The summed E-state index contributed by atoms with van der Waals surface area (Å²) in [6, 6.07) is 2.98. The number of benzene rings is 1. The highest BCUT2D eigenvalue weighted by atomic mass is 19.4. The smallest absolute Gasteiger partial charge is 0.333 e. The van der Waals surface area contributed by atoms with Crippen molar-refractivity contribution >= 4 is 0 Å². The van der Waals surface area contributed by atoms with Crippen molar-refractivity contribution < 1.29 is 17.6 Å². The molecule has 1 fully saturated rings. The van der Waals surface area contributed by atoms with E-state index in [9.17, 15) is 17.6 Å². The number of aromatic nitrogens is 2. The van der Waals surface area contributed by atoms with Crippen molar-refractivity contribution in [1.82, 2.24) is 14.9 Å². The first-order valence-corrected chi connectivity index (χ1v) is 8.25. The molecule has 3 N–H and O–H groups in total. The third kappa shape index (κ3) is 3.85. The standard InChI is InChI=1S/C17H20F4N4/c18-14-2-1-12(9-13(14)17(19,20)21)15-10-25(8-5-22)16(24-15)11-3-6-23-7-4-11/h1-2,9-11,23H,3-8,22H2. The fraction of sp³-hybridized carbons (Fsp3) is 0.471. The maximum Gasteiger partial charge on any atom is 0.419 e. The largest absolute Gasteiger partial charge is 0.419 e.